The van der Waals surface area contributed by atoms with Crippen LogP contribution in [0.1, 0.15) is 26.4 Å². The van der Waals surface area contributed by atoms with E-state index in [4.69, 9.17) is 11.6 Å². The van der Waals surface area contributed by atoms with E-state index in [1.54, 1.807) is 12.1 Å². The van der Waals surface area contributed by atoms with Crippen LogP contribution in [0.2, 0.25) is 5.02 Å². The first-order valence-corrected chi connectivity index (χ1v) is 7.27. The lowest BCUT2D eigenvalue weighted by atomic mass is 9.97. The minimum Gasteiger partial charge on any atom is -0.381 e. The number of aromatic nitrogens is 1. The fourth-order valence-electron chi connectivity index (χ4n) is 2.35. The van der Waals surface area contributed by atoms with Gasteiger partial charge in [-0.05, 0) is 30.2 Å². The van der Waals surface area contributed by atoms with Crippen molar-refractivity contribution >= 4 is 23.2 Å². The first-order valence-electron chi connectivity index (χ1n) is 6.90. The van der Waals surface area contributed by atoms with E-state index in [1.165, 1.54) is 12.3 Å². The van der Waals surface area contributed by atoms with Crippen LogP contribution >= 0.6 is 11.6 Å². The zero-order valence-corrected chi connectivity index (χ0v) is 12.4. The Morgan fingerprint density at radius 2 is 1.91 bits per heavy atom. The van der Waals surface area contributed by atoms with E-state index >= 15 is 0 Å². The molecule has 2 aromatic rings. The lowest BCUT2D eigenvalue weighted by molar-refractivity contribution is 0.0974. The number of ketones is 2. The Morgan fingerprint density at radius 3 is 2.73 bits per heavy atom. The van der Waals surface area contributed by atoms with Crippen molar-refractivity contribution in [2.24, 2.45) is 0 Å². The molecular formula is C17H13ClN2O2. The van der Waals surface area contributed by atoms with Crippen molar-refractivity contribution < 1.29 is 9.59 Å². The average molecular weight is 313 g/mol. The molecule has 3 rings (SSSR count). The van der Waals surface area contributed by atoms with Crippen molar-refractivity contribution in [3.63, 3.8) is 0 Å². The topological polar surface area (TPSA) is 59.1 Å². The SMILES string of the molecule is O=C1C=C(NCCc2ccccc2Cl)C(=O)c2ncccc21. The number of nitrogens with one attached hydrogen (secondary N) is 1. The number of benzene rings is 1. The van der Waals surface area contributed by atoms with E-state index in [0.29, 0.717) is 23.6 Å². The maximum atomic E-state index is 12.3. The van der Waals surface area contributed by atoms with Gasteiger partial charge in [0.05, 0.1) is 11.3 Å². The number of carbonyl (C=O) groups excluding carboxylic acids is 2. The monoisotopic (exact) mass is 312 g/mol. The average Bonchev–Trinajstić information content (AvgIpc) is 2.54. The summed E-state index contributed by atoms with van der Waals surface area (Å²) >= 11 is 6.09. The molecule has 0 radical (unpaired) electrons. The number of Topliss-reactive ketones (excluding diaryl/α,β-unsaturated/α-hetero) is 1. The highest BCUT2D eigenvalue weighted by Gasteiger charge is 2.26. The molecule has 1 aromatic carbocycles. The van der Waals surface area contributed by atoms with Crippen LogP contribution < -0.4 is 5.32 Å². The van der Waals surface area contributed by atoms with Crippen LogP contribution in [-0.4, -0.2) is 23.1 Å². The minimum atomic E-state index is -0.255. The van der Waals surface area contributed by atoms with Gasteiger partial charge >= 0.3 is 0 Å². The first-order chi connectivity index (χ1) is 10.7. The molecule has 1 aliphatic rings. The highest BCUT2D eigenvalue weighted by atomic mass is 35.5. The Hall–Kier alpha value is -2.46. The Labute approximate surface area is 132 Å². The number of pyridine rings is 1. The molecular weight excluding hydrogens is 300 g/mol. The van der Waals surface area contributed by atoms with Crippen LogP contribution in [-0.2, 0) is 6.42 Å². The molecule has 0 aliphatic heterocycles. The van der Waals surface area contributed by atoms with Crippen LogP contribution in [0.4, 0.5) is 0 Å². The number of nitrogens with zero attached hydrogens (tertiary/aromatic N) is 1. The number of carbonyl (C=O) groups is 2. The maximum Gasteiger partial charge on any atom is 0.228 e. The third-order valence-corrected chi connectivity index (χ3v) is 3.84. The van der Waals surface area contributed by atoms with Crippen LogP contribution in [0, 0.1) is 0 Å². The molecule has 1 N–H and O–H groups in total. The molecule has 1 aromatic heterocycles. The predicted octanol–water partition coefficient (Wildman–Crippen LogP) is 2.83. The fraction of sp³-hybridized carbons (Fsp3) is 0.118. The van der Waals surface area contributed by atoms with Gasteiger partial charge in [0.25, 0.3) is 0 Å². The van der Waals surface area contributed by atoms with Gasteiger partial charge in [0.2, 0.25) is 5.78 Å². The summed E-state index contributed by atoms with van der Waals surface area (Å²) in [7, 11) is 0. The Balaban J connectivity index is 1.71. The molecule has 0 saturated carbocycles. The molecule has 0 amide bonds. The van der Waals surface area contributed by atoms with Gasteiger partial charge in [-0.2, -0.15) is 0 Å². The van der Waals surface area contributed by atoms with Gasteiger partial charge in [0.1, 0.15) is 5.69 Å². The zero-order chi connectivity index (χ0) is 15.5. The summed E-state index contributed by atoms with van der Waals surface area (Å²) in [6, 6.07) is 10.8. The van der Waals surface area contributed by atoms with E-state index in [2.05, 4.69) is 10.3 Å². The standard InChI is InChI=1S/C17H13ClN2O2/c18-13-6-2-1-4-11(13)7-9-19-14-10-15(21)12-5-3-8-20-16(12)17(14)22/h1-6,8,10,19H,7,9H2. The van der Waals surface area contributed by atoms with Crippen molar-refractivity contribution in [2.75, 3.05) is 6.54 Å². The molecule has 110 valence electrons. The molecule has 4 nitrogen and oxygen atoms in total. The largest absolute Gasteiger partial charge is 0.381 e. The number of fused-ring (bicyclic) bond motifs is 1. The Kier molecular flexibility index (Phi) is 4.02. The summed E-state index contributed by atoms with van der Waals surface area (Å²) in [5, 5.41) is 3.70. The summed E-state index contributed by atoms with van der Waals surface area (Å²) < 4.78 is 0. The van der Waals surface area contributed by atoms with Gasteiger partial charge in [-0.15, -0.1) is 0 Å². The molecule has 1 heterocycles. The lowest BCUT2D eigenvalue weighted by Gasteiger charge is -2.15. The van der Waals surface area contributed by atoms with Crippen LogP contribution in [0.5, 0.6) is 0 Å². The van der Waals surface area contributed by atoms with Crippen molar-refractivity contribution in [3.8, 4) is 0 Å². The number of hydrogen-bond acceptors (Lipinski definition) is 4. The molecule has 1 aliphatic carbocycles. The number of allylic oxidation sites excluding steroid dienone is 2. The Morgan fingerprint density at radius 1 is 1.09 bits per heavy atom. The number of halogens is 1. The summed E-state index contributed by atoms with van der Waals surface area (Å²) in [6.07, 6.45) is 3.50. The molecule has 0 unspecified atom stereocenters. The number of hydrogen-bond donors (Lipinski definition) is 1. The van der Waals surface area contributed by atoms with E-state index in [9.17, 15) is 9.59 Å². The van der Waals surface area contributed by atoms with E-state index in [1.807, 2.05) is 24.3 Å². The van der Waals surface area contributed by atoms with Gasteiger partial charge in [0, 0.05) is 23.8 Å². The van der Waals surface area contributed by atoms with Crippen molar-refractivity contribution in [1.29, 1.82) is 0 Å². The van der Waals surface area contributed by atoms with Gasteiger partial charge in [-0.25, -0.2) is 0 Å². The van der Waals surface area contributed by atoms with Crippen LogP contribution in [0.15, 0.2) is 54.4 Å². The van der Waals surface area contributed by atoms with Gasteiger partial charge < -0.3 is 5.32 Å². The van der Waals surface area contributed by atoms with Crippen molar-refractivity contribution in [3.05, 3.63) is 76.2 Å². The van der Waals surface area contributed by atoms with Crippen LogP contribution in [0.25, 0.3) is 0 Å². The second kappa shape index (κ2) is 6.12. The Bertz CT molecular complexity index is 784. The highest BCUT2D eigenvalue weighted by Crippen LogP contribution is 2.18. The second-order valence-electron chi connectivity index (χ2n) is 4.92. The molecule has 0 bridgehead atoms. The van der Waals surface area contributed by atoms with Crippen molar-refractivity contribution in [1.82, 2.24) is 10.3 Å². The molecule has 22 heavy (non-hydrogen) atoms. The number of rotatable bonds is 4. The summed E-state index contributed by atoms with van der Waals surface area (Å²) in [5.74, 6) is -0.461. The third kappa shape index (κ3) is 2.78. The molecule has 5 heteroatoms. The quantitative estimate of drug-likeness (QED) is 0.943. The smallest absolute Gasteiger partial charge is 0.228 e. The minimum absolute atomic E-state index is 0.204. The van der Waals surface area contributed by atoms with Crippen molar-refractivity contribution in [2.45, 2.75) is 6.42 Å². The third-order valence-electron chi connectivity index (χ3n) is 3.48. The molecule has 0 spiro atoms. The molecule has 0 atom stereocenters. The fourth-order valence-corrected chi connectivity index (χ4v) is 2.58. The van der Waals surface area contributed by atoms with E-state index in [-0.39, 0.29) is 23.0 Å². The summed E-state index contributed by atoms with van der Waals surface area (Å²) in [6.45, 7) is 0.511. The second-order valence-corrected chi connectivity index (χ2v) is 5.33. The lowest BCUT2D eigenvalue weighted by Crippen LogP contribution is -2.29. The highest BCUT2D eigenvalue weighted by molar-refractivity contribution is 6.31. The van der Waals surface area contributed by atoms with Gasteiger partial charge in [0.15, 0.2) is 5.78 Å². The zero-order valence-electron chi connectivity index (χ0n) is 11.7. The van der Waals surface area contributed by atoms with Gasteiger partial charge in [-0.3, -0.25) is 14.6 Å². The predicted molar refractivity (Wildman–Crippen MR) is 84.1 cm³/mol. The normalized spacial score (nSPS) is 13.6. The summed E-state index contributed by atoms with van der Waals surface area (Å²) in [5.41, 5.74) is 1.83. The molecule has 0 saturated heterocycles. The van der Waals surface area contributed by atoms with Gasteiger partial charge in [-0.1, -0.05) is 29.8 Å². The maximum absolute atomic E-state index is 12.3. The first kappa shape index (κ1) is 14.5. The molecule has 0 fully saturated rings. The summed E-state index contributed by atoms with van der Waals surface area (Å²) in [4.78, 5) is 28.3. The van der Waals surface area contributed by atoms with E-state index < -0.39 is 0 Å². The van der Waals surface area contributed by atoms with Crippen LogP contribution in [0.3, 0.4) is 0 Å². The van der Waals surface area contributed by atoms with E-state index in [0.717, 1.165) is 5.56 Å².